The summed E-state index contributed by atoms with van der Waals surface area (Å²) in [6, 6.07) is 19.9. The molecule has 3 rings (SSSR count). The molecule has 1 aliphatic carbocycles. The molecule has 1 aliphatic rings. The quantitative estimate of drug-likeness (QED) is 0.690. The van der Waals surface area contributed by atoms with Crippen LogP contribution in [0.3, 0.4) is 0 Å². The van der Waals surface area contributed by atoms with Crippen molar-refractivity contribution in [2.75, 3.05) is 6.61 Å². The fourth-order valence-electron chi connectivity index (χ4n) is 3.14. The van der Waals surface area contributed by atoms with Crippen LogP contribution >= 0.6 is 0 Å². The molecule has 1 saturated carbocycles. The summed E-state index contributed by atoms with van der Waals surface area (Å²) in [5.74, 6) is 0. The molecule has 0 saturated heterocycles. The van der Waals surface area contributed by atoms with E-state index in [4.69, 9.17) is 9.47 Å². The van der Waals surface area contributed by atoms with Crippen molar-refractivity contribution in [1.82, 2.24) is 0 Å². The molecule has 0 aliphatic heterocycles. The summed E-state index contributed by atoms with van der Waals surface area (Å²) in [4.78, 5) is 0. The molecule has 3 unspecified atom stereocenters. The summed E-state index contributed by atoms with van der Waals surface area (Å²) in [7, 11) is 0. The minimum Gasteiger partial charge on any atom is -0.373 e. The lowest BCUT2D eigenvalue weighted by Crippen LogP contribution is -2.36. The van der Waals surface area contributed by atoms with E-state index in [0.29, 0.717) is 26.1 Å². The highest BCUT2D eigenvalue weighted by atomic mass is 19.1. The molecular formula is C22H25FO2. The zero-order valence-corrected chi connectivity index (χ0v) is 14.4. The van der Waals surface area contributed by atoms with Crippen LogP contribution in [-0.2, 0) is 16.1 Å². The third-order valence-corrected chi connectivity index (χ3v) is 4.65. The summed E-state index contributed by atoms with van der Waals surface area (Å²) >= 11 is 0. The Hall–Kier alpha value is -1.97. The first kappa shape index (κ1) is 17.8. The summed E-state index contributed by atoms with van der Waals surface area (Å²) in [5, 5.41) is 0. The van der Waals surface area contributed by atoms with Gasteiger partial charge in [0.2, 0.25) is 0 Å². The van der Waals surface area contributed by atoms with Gasteiger partial charge in [-0.1, -0.05) is 67.2 Å². The van der Waals surface area contributed by atoms with E-state index in [9.17, 15) is 4.39 Å². The van der Waals surface area contributed by atoms with Crippen molar-refractivity contribution in [3.8, 4) is 0 Å². The fourth-order valence-corrected chi connectivity index (χ4v) is 3.14. The van der Waals surface area contributed by atoms with Crippen molar-refractivity contribution in [1.29, 1.82) is 0 Å². The standard InChI is InChI=1S/C22H25FO2/c1-17(19-10-6-3-7-11-19)15-25-22-13-12-20(14-21(22)23)24-16-18-8-4-2-5-9-18/h2-11,20-22H,1,12-16H2. The molecule has 0 radical (unpaired) electrons. The van der Waals surface area contributed by atoms with Gasteiger partial charge in [0.25, 0.3) is 0 Å². The molecule has 25 heavy (non-hydrogen) atoms. The van der Waals surface area contributed by atoms with Crippen LogP contribution < -0.4 is 0 Å². The molecule has 0 bridgehead atoms. The smallest absolute Gasteiger partial charge is 0.129 e. The maximum Gasteiger partial charge on any atom is 0.129 e. The molecule has 2 aromatic rings. The van der Waals surface area contributed by atoms with Crippen LogP contribution in [0.25, 0.3) is 5.57 Å². The van der Waals surface area contributed by atoms with Gasteiger partial charge in [-0.25, -0.2) is 4.39 Å². The van der Waals surface area contributed by atoms with Crippen molar-refractivity contribution >= 4 is 5.57 Å². The van der Waals surface area contributed by atoms with Gasteiger partial charge in [-0.05, 0) is 29.5 Å². The molecule has 0 spiro atoms. The minimum absolute atomic E-state index is 0.0348. The average molecular weight is 340 g/mol. The Kier molecular flexibility index (Phi) is 6.37. The van der Waals surface area contributed by atoms with Crippen LogP contribution in [0.2, 0.25) is 0 Å². The Labute approximate surface area is 149 Å². The Bertz CT molecular complexity index is 656. The van der Waals surface area contributed by atoms with Crippen LogP contribution in [0.4, 0.5) is 4.39 Å². The zero-order chi connectivity index (χ0) is 17.5. The van der Waals surface area contributed by atoms with Crippen molar-refractivity contribution in [3.63, 3.8) is 0 Å². The number of ether oxygens (including phenoxy) is 2. The van der Waals surface area contributed by atoms with Gasteiger partial charge < -0.3 is 9.47 Å². The predicted octanol–water partition coefficient (Wildman–Crippen LogP) is 5.19. The van der Waals surface area contributed by atoms with Crippen LogP contribution in [-0.4, -0.2) is 25.0 Å². The second kappa shape index (κ2) is 8.93. The number of benzene rings is 2. The van der Waals surface area contributed by atoms with Crippen molar-refractivity contribution in [3.05, 3.63) is 78.4 Å². The lowest BCUT2D eigenvalue weighted by molar-refractivity contribution is -0.0700. The van der Waals surface area contributed by atoms with Gasteiger partial charge in [-0.2, -0.15) is 0 Å². The van der Waals surface area contributed by atoms with E-state index >= 15 is 0 Å². The molecule has 2 nitrogen and oxygen atoms in total. The number of halogens is 1. The molecule has 132 valence electrons. The maximum absolute atomic E-state index is 14.4. The van der Waals surface area contributed by atoms with E-state index in [1.165, 1.54) is 0 Å². The van der Waals surface area contributed by atoms with Crippen LogP contribution in [0, 0.1) is 0 Å². The van der Waals surface area contributed by atoms with E-state index < -0.39 is 6.17 Å². The van der Waals surface area contributed by atoms with E-state index in [0.717, 1.165) is 23.1 Å². The van der Waals surface area contributed by atoms with Gasteiger partial charge in [0.05, 0.1) is 25.4 Å². The van der Waals surface area contributed by atoms with Gasteiger partial charge in [-0.3, -0.25) is 0 Å². The minimum atomic E-state index is -0.988. The number of hydrogen-bond acceptors (Lipinski definition) is 2. The second-order valence-corrected chi connectivity index (χ2v) is 6.57. The first-order valence-electron chi connectivity index (χ1n) is 8.87. The summed E-state index contributed by atoms with van der Waals surface area (Å²) in [5.41, 5.74) is 3.04. The molecule has 2 aromatic carbocycles. The van der Waals surface area contributed by atoms with Gasteiger partial charge in [-0.15, -0.1) is 0 Å². The fraction of sp³-hybridized carbons (Fsp3) is 0.364. The lowest BCUT2D eigenvalue weighted by atomic mass is 9.93. The maximum atomic E-state index is 14.4. The SMILES string of the molecule is C=C(COC1CCC(OCc2ccccc2)CC1F)c1ccccc1. The molecule has 3 heteroatoms. The molecule has 1 fully saturated rings. The second-order valence-electron chi connectivity index (χ2n) is 6.57. The van der Waals surface area contributed by atoms with Crippen molar-refractivity contribution in [2.24, 2.45) is 0 Å². The summed E-state index contributed by atoms with van der Waals surface area (Å²) in [6.07, 6.45) is 0.524. The van der Waals surface area contributed by atoms with E-state index in [1.54, 1.807) is 0 Å². The number of hydrogen-bond donors (Lipinski definition) is 0. The van der Waals surface area contributed by atoms with Crippen LogP contribution in [0.5, 0.6) is 0 Å². The van der Waals surface area contributed by atoms with Gasteiger partial charge >= 0.3 is 0 Å². The molecule has 0 heterocycles. The van der Waals surface area contributed by atoms with Crippen molar-refractivity contribution in [2.45, 2.75) is 44.2 Å². The predicted molar refractivity (Wildman–Crippen MR) is 99.0 cm³/mol. The third-order valence-electron chi connectivity index (χ3n) is 4.65. The first-order chi connectivity index (χ1) is 12.2. The van der Waals surface area contributed by atoms with E-state index in [2.05, 4.69) is 6.58 Å². The molecule has 0 aromatic heterocycles. The van der Waals surface area contributed by atoms with Crippen molar-refractivity contribution < 1.29 is 13.9 Å². The summed E-state index contributed by atoms with van der Waals surface area (Å²) < 4.78 is 26.1. The first-order valence-corrected chi connectivity index (χ1v) is 8.87. The Morgan fingerprint density at radius 1 is 0.960 bits per heavy atom. The Morgan fingerprint density at radius 3 is 2.32 bits per heavy atom. The average Bonchev–Trinajstić information content (AvgIpc) is 2.67. The number of alkyl halides is 1. The largest absolute Gasteiger partial charge is 0.373 e. The topological polar surface area (TPSA) is 18.5 Å². The van der Waals surface area contributed by atoms with Crippen LogP contribution in [0.1, 0.15) is 30.4 Å². The summed E-state index contributed by atoms with van der Waals surface area (Å²) in [6.45, 7) is 4.94. The normalized spacial score (nSPS) is 23.3. The molecule has 0 amide bonds. The highest BCUT2D eigenvalue weighted by molar-refractivity contribution is 5.63. The van der Waals surface area contributed by atoms with Gasteiger partial charge in [0.15, 0.2) is 0 Å². The highest BCUT2D eigenvalue weighted by Gasteiger charge is 2.31. The monoisotopic (exact) mass is 340 g/mol. The Balaban J connectivity index is 1.42. The third kappa shape index (κ3) is 5.25. The van der Waals surface area contributed by atoms with Gasteiger partial charge in [0.1, 0.15) is 6.17 Å². The van der Waals surface area contributed by atoms with Gasteiger partial charge in [0, 0.05) is 6.42 Å². The molecule has 0 N–H and O–H groups in total. The lowest BCUT2D eigenvalue weighted by Gasteiger charge is -2.31. The zero-order valence-electron chi connectivity index (χ0n) is 14.4. The van der Waals surface area contributed by atoms with Crippen LogP contribution in [0.15, 0.2) is 67.2 Å². The van der Waals surface area contributed by atoms with E-state index in [1.807, 2.05) is 60.7 Å². The molecular weight excluding hydrogens is 315 g/mol. The Morgan fingerprint density at radius 2 is 1.64 bits per heavy atom. The molecule has 3 atom stereocenters. The van der Waals surface area contributed by atoms with E-state index in [-0.39, 0.29) is 12.2 Å². The highest BCUT2D eigenvalue weighted by Crippen LogP contribution is 2.28. The number of rotatable bonds is 7.